The summed E-state index contributed by atoms with van der Waals surface area (Å²) in [5.41, 5.74) is 0.347. The summed E-state index contributed by atoms with van der Waals surface area (Å²) in [6.45, 7) is 0. The number of halogens is 1. The van der Waals surface area contributed by atoms with E-state index in [1.54, 1.807) is 18.3 Å². The van der Waals surface area contributed by atoms with Crippen LogP contribution < -0.4 is 0 Å². The number of hydrogen-bond donors (Lipinski definition) is 0. The van der Waals surface area contributed by atoms with Crippen molar-refractivity contribution in [1.82, 2.24) is 4.98 Å². The van der Waals surface area contributed by atoms with Crippen molar-refractivity contribution in [1.29, 1.82) is 5.26 Å². The molecule has 0 saturated heterocycles. The van der Waals surface area contributed by atoms with Crippen molar-refractivity contribution >= 4 is 11.6 Å². The van der Waals surface area contributed by atoms with Gasteiger partial charge in [-0.05, 0) is 25.0 Å². The summed E-state index contributed by atoms with van der Waals surface area (Å²) >= 11 is 6.06. The Kier molecular flexibility index (Phi) is 2.43. The van der Waals surface area contributed by atoms with Gasteiger partial charge in [-0.2, -0.15) is 5.26 Å². The Hall–Kier alpha value is -1.07. The summed E-state index contributed by atoms with van der Waals surface area (Å²) in [6, 6.07) is 5.99. The van der Waals surface area contributed by atoms with Crippen molar-refractivity contribution in [3.8, 4) is 6.07 Å². The molecule has 0 amide bonds. The third kappa shape index (κ3) is 1.38. The van der Waals surface area contributed by atoms with Crippen molar-refractivity contribution in [3.05, 3.63) is 29.0 Å². The Morgan fingerprint density at radius 2 is 2.14 bits per heavy atom. The van der Waals surface area contributed by atoms with Crippen LogP contribution in [0.15, 0.2) is 18.3 Å². The second-order valence-corrected chi connectivity index (χ2v) is 4.14. The van der Waals surface area contributed by atoms with E-state index in [0.717, 1.165) is 31.4 Å². The highest BCUT2D eigenvalue weighted by Gasteiger charge is 2.38. The molecule has 1 fully saturated rings. The predicted molar refractivity (Wildman–Crippen MR) is 55.0 cm³/mol. The molecular formula is C11H11ClN2. The number of rotatable bonds is 1. The highest BCUT2D eigenvalue weighted by Crippen LogP contribution is 2.41. The molecule has 1 aromatic rings. The summed E-state index contributed by atoms with van der Waals surface area (Å²) in [7, 11) is 0. The van der Waals surface area contributed by atoms with Crippen LogP contribution in [0.1, 0.15) is 31.4 Å². The molecule has 72 valence electrons. The first-order valence-electron chi connectivity index (χ1n) is 4.81. The van der Waals surface area contributed by atoms with Gasteiger partial charge in [0.1, 0.15) is 5.41 Å². The quantitative estimate of drug-likeness (QED) is 0.708. The summed E-state index contributed by atoms with van der Waals surface area (Å²) < 4.78 is 0. The topological polar surface area (TPSA) is 36.7 Å². The van der Waals surface area contributed by atoms with Crippen molar-refractivity contribution in [2.45, 2.75) is 31.1 Å². The van der Waals surface area contributed by atoms with E-state index in [9.17, 15) is 5.26 Å². The van der Waals surface area contributed by atoms with Crippen molar-refractivity contribution in [3.63, 3.8) is 0 Å². The average Bonchev–Trinajstić information content (AvgIpc) is 2.68. The maximum Gasteiger partial charge on any atom is 0.101 e. The molecule has 0 N–H and O–H groups in total. The Morgan fingerprint density at radius 3 is 2.71 bits per heavy atom. The van der Waals surface area contributed by atoms with Gasteiger partial charge in [-0.3, -0.25) is 4.98 Å². The van der Waals surface area contributed by atoms with Crippen LogP contribution >= 0.6 is 11.6 Å². The van der Waals surface area contributed by atoms with Gasteiger partial charge in [0.15, 0.2) is 0 Å². The molecular weight excluding hydrogens is 196 g/mol. The minimum Gasteiger partial charge on any atom is -0.258 e. The van der Waals surface area contributed by atoms with E-state index >= 15 is 0 Å². The number of nitrogens with zero attached hydrogens (tertiary/aromatic N) is 2. The van der Waals surface area contributed by atoms with Gasteiger partial charge in [-0.25, -0.2) is 0 Å². The van der Waals surface area contributed by atoms with E-state index in [4.69, 9.17) is 11.6 Å². The Labute approximate surface area is 88.5 Å². The molecule has 0 radical (unpaired) electrons. The standard InChI is InChI=1S/C11H11ClN2/c12-9-4-3-7-14-10(9)11(8-13)5-1-2-6-11/h3-4,7H,1-2,5-6H2. The van der Waals surface area contributed by atoms with Crippen molar-refractivity contribution in [2.75, 3.05) is 0 Å². The lowest BCUT2D eigenvalue weighted by Gasteiger charge is -2.20. The van der Waals surface area contributed by atoms with E-state index in [-0.39, 0.29) is 0 Å². The smallest absolute Gasteiger partial charge is 0.101 e. The van der Waals surface area contributed by atoms with E-state index in [1.165, 1.54) is 0 Å². The molecule has 0 aromatic carbocycles. The first-order valence-corrected chi connectivity index (χ1v) is 5.18. The van der Waals surface area contributed by atoms with Crippen LogP contribution in [0.3, 0.4) is 0 Å². The lowest BCUT2D eigenvalue weighted by atomic mass is 9.84. The normalized spacial score (nSPS) is 19.1. The van der Waals surface area contributed by atoms with E-state index in [1.807, 2.05) is 0 Å². The zero-order valence-electron chi connectivity index (χ0n) is 7.83. The molecule has 1 saturated carbocycles. The third-order valence-corrected chi connectivity index (χ3v) is 3.19. The summed E-state index contributed by atoms with van der Waals surface area (Å²) in [5, 5.41) is 9.87. The average molecular weight is 207 g/mol. The van der Waals surface area contributed by atoms with Crippen LogP contribution in [0, 0.1) is 11.3 Å². The lowest BCUT2D eigenvalue weighted by Crippen LogP contribution is -2.21. The molecule has 2 nitrogen and oxygen atoms in total. The minimum atomic E-state index is -0.418. The Bertz CT molecular complexity index is 375. The van der Waals surface area contributed by atoms with Gasteiger partial charge in [0.05, 0.1) is 16.8 Å². The number of nitriles is 1. The van der Waals surface area contributed by atoms with Gasteiger partial charge in [0.2, 0.25) is 0 Å². The van der Waals surface area contributed by atoms with E-state index in [0.29, 0.717) is 5.02 Å². The minimum absolute atomic E-state index is 0.418. The van der Waals surface area contributed by atoms with Gasteiger partial charge < -0.3 is 0 Å². The van der Waals surface area contributed by atoms with Crippen molar-refractivity contribution < 1.29 is 0 Å². The van der Waals surface area contributed by atoms with Gasteiger partial charge in [0.25, 0.3) is 0 Å². The fourth-order valence-corrected chi connectivity index (χ4v) is 2.42. The maximum atomic E-state index is 9.25. The zero-order valence-corrected chi connectivity index (χ0v) is 8.59. The molecule has 0 atom stereocenters. The van der Waals surface area contributed by atoms with Crippen LogP contribution in [0.4, 0.5) is 0 Å². The Balaban J connectivity index is 2.47. The van der Waals surface area contributed by atoms with Crippen LogP contribution in [-0.4, -0.2) is 4.98 Å². The summed E-state index contributed by atoms with van der Waals surface area (Å²) in [4.78, 5) is 4.25. The molecule has 0 spiro atoms. The predicted octanol–water partition coefficient (Wildman–Crippen LogP) is 3.07. The van der Waals surface area contributed by atoms with Gasteiger partial charge in [-0.15, -0.1) is 0 Å². The summed E-state index contributed by atoms with van der Waals surface area (Å²) in [6.07, 6.45) is 5.68. The fourth-order valence-electron chi connectivity index (χ4n) is 2.12. The largest absolute Gasteiger partial charge is 0.258 e. The molecule has 0 unspecified atom stereocenters. The second-order valence-electron chi connectivity index (χ2n) is 3.73. The third-order valence-electron chi connectivity index (χ3n) is 2.88. The SMILES string of the molecule is N#CC1(c2ncccc2Cl)CCCC1. The number of aromatic nitrogens is 1. The van der Waals surface area contributed by atoms with Crippen LogP contribution in [-0.2, 0) is 5.41 Å². The van der Waals surface area contributed by atoms with Crippen LogP contribution in [0.5, 0.6) is 0 Å². The molecule has 1 aliphatic carbocycles. The molecule has 0 bridgehead atoms. The molecule has 14 heavy (non-hydrogen) atoms. The highest BCUT2D eigenvalue weighted by atomic mass is 35.5. The van der Waals surface area contributed by atoms with Gasteiger partial charge in [0, 0.05) is 6.20 Å². The molecule has 1 aromatic heterocycles. The van der Waals surface area contributed by atoms with E-state index in [2.05, 4.69) is 11.1 Å². The monoisotopic (exact) mass is 206 g/mol. The van der Waals surface area contributed by atoms with Gasteiger partial charge in [-0.1, -0.05) is 24.4 Å². The number of pyridine rings is 1. The van der Waals surface area contributed by atoms with Crippen molar-refractivity contribution in [2.24, 2.45) is 0 Å². The Morgan fingerprint density at radius 1 is 1.43 bits per heavy atom. The second kappa shape index (κ2) is 3.59. The van der Waals surface area contributed by atoms with Crippen LogP contribution in [0.25, 0.3) is 0 Å². The highest BCUT2D eigenvalue weighted by molar-refractivity contribution is 6.31. The first kappa shape index (κ1) is 9.48. The lowest BCUT2D eigenvalue weighted by molar-refractivity contribution is 0.554. The molecule has 2 rings (SSSR count). The molecule has 0 aliphatic heterocycles. The van der Waals surface area contributed by atoms with E-state index < -0.39 is 5.41 Å². The van der Waals surface area contributed by atoms with Gasteiger partial charge >= 0.3 is 0 Å². The zero-order chi connectivity index (χ0) is 10.0. The van der Waals surface area contributed by atoms with Crippen LogP contribution in [0.2, 0.25) is 5.02 Å². The fraction of sp³-hybridized carbons (Fsp3) is 0.455. The molecule has 1 heterocycles. The number of hydrogen-bond acceptors (Lipinski definition) is 2. The summed E-state index contributed by atoms with van der Waals surface area (Å²) in [5.74, 6) is 0. The maximum absolute atomic E-state index is 9.25. The molecule has 3 heteroatoms. The molecule has 1 aliphatic rings. The first-order chi connectivity index (χ1) is 6.78.